The molecule has 1 saturated carbocycles. The first-order chi connectivity index (χ1) is 8.46. The average Bonchev–Trinajstić information content (AvgIpc) is 2.31. The normalized spacial score (nSPS) is 17.8. The van der Waals surface area contributed by atoms with Crippen LogP contribution in [0.25, 0.3) is 0 Å². The van der Waals surface area contributed by atoms with Gasteiger partial charge in [-0.3, -0.25) is 0 Å². The van der Waals surface area contributed by atoms with Crippen molar-refractivity contribution >= 4 is 11.6 Å². The third-order valence-electron chi connectivity index (χ3n) is 3.26. The molecule has 0 N–H and O–H groups in total. The summed E-state index contributed by atoms with van der Waals surface area (Å²) in [7, 11) is 0. The van der Waals surface area contributed by atoms with Gasteiger partial charge in [-0.2, -0.15) is 0 Å². The monoisotopic (exact) mass is 278 g/mol. The molecule has 1 aliphatic rings. The molecule has 1 aromatic carbocycles. The molecule has 5 heteroatoms. The third kappa shape index (κ3) is 3.55. The summed E-state index contributed by atoms with van der Waals surface area (Å²) in [5.74, 6) is 0.0833. The molecule has 1 nitrogen and oxygen atoms in total. The van der Waals surface area contributed by atoms with Crippen LogP contribution in [0.15, 0.2) is 18.2 Å². The Morgan fingerprint density at radius 3 is 2.33 bits per heavy atom. The quantitative estimate of drug-likeness (QED) is 0.714. The number of halogens is 4. The maximum Gasteiger partial charge on any atom is 0.573 e. The Hall–Kier alpha value is -0.900. The van der Waals surface area contributed by atoms with Gasteiger partial charge in [-0.05, 0) is 36.5 Å². The minimum atomic E-state index is -4.70. The summed E-state index contributed by atoms with van der Waals surface area (Å²) in [5.41, 5.74) is 1.01. The Morgan fingerprint density at radius 1 is 1.11 bits per heavy atom. The van der Waals surface area contributed by atoms with Gasteiger partial charge in [0.15, 0.2) is 0 Å². The number of benzene rings is 1. The highest BCUT2D eigenvalue weighted by atomic mass is 35.5. The lowest BCUT2D eigenvalue weighted by atomic mass is 9.84. The third-order valence-corrected chi connectivity index (χ3v) is 3.55. The Labute approximate surface area is 109 Å². The minimum absolute atomic E-state index is 0.0235. The fraction of sp³-hybridized carbons (Fsp3) is 0.538. The first-order valence-electron chi connectivity index (χ1n) is 6.01. The number of hydrogen-bond donors (Lipinski definition) is 0. The summed E-state index contributed by atoms with van der Waals surface area (Å²) in [6.07, 6.45) is 1.03. The van der Waals surface area contributed by atoms with Gasteiger partial charge < -0.3 is 4.74 Å². The molecule has 2 rings (SSSR count). The molecule has 0 unspecified atom stereocenters. The molecule has 0 spiro atoms. The lowest BCUT2D eigenvalue weighted by Crippen LogP contribution is -2.17. The summed E-state index contributed by atoms with van der Waals surface area (Å²) in [6.45, 7) is 0. The van der Waals surface area contributed by atoms with Crippen molar-refractivity contribution in [3.8, 4) is 5.75 Å². The lowest BCUT2D eigenvalue weighted by molar-refractivity contribution is -0.274. The van der Waals surface area contributed by atoms with Crippen LogP contribution in [-0.4, -0.2) is 6.36 Å². The van der Waals surface area contributed by atoms with Gasteiger partial charge in [0.05, 0.1) is 5.02 Å². The summed E-state index contributed by atoms with van der Waals surface area (Å²) >= 11 is 5.83. The van der Waals surface area contributed by atoms with E-state index in [0.717, 1.165) is 18.4 Å². The van der Waals surface area contributed by atoms with Crippen molar-refractivity contribution in [2.75, 3.05) is 0 Å². The van der Waals surface area contributed by atoms with Gasteiger partial charge in [0.2, 0.25) is 0 Å². The van der Waals surface area contributed by atoms with Crippen LogP contribution < -0.4 is 4.74 Å². The Morgan fingerprint density at radius 2 is 1.78 bits per heavy atom. The smallest absolute Gasteiger partial charge is 0.404 e. The molecule has 0 saturated heterocycles. The molecule has 1 aromatic rings. The molecule has 0 amide bonds. The molecule has 0 radical (unpaired) electrons. The first-order valence-corrected chi connectivity index (χ1v) is 6.39. The molecule has 18 heavy (non-hydrogen) atoms. The van der Waals surface area contributed by atoms with E-state index in [0.29, 0.717) is 5.92 Å². The van der Waals surface area contributed by atoms with Crippen LogP contribution >= 0.6 is 11.6 Å². The zero-order valence-corrected chi connectivity index (χ0v) is 10.5. The molecule has 1 fully saturated rings. The molecular weight excluding hydrogens is 265 g/mol. The molecule has 0 bridgehead atoms. The lowest BCUT2D eigenvalue weighted by Gasteiger charge is -2.22. The van der Waals surface area contributed by atoms with E-state index in [-0.39, 0.29) is 10.8 Å². The van der Waals surface area contributed by atoms with Gasteiger partial charge in [0.25, 0.3) is 0 Å². The summed E-state index contributed by atoms with van der Waals surface area (Å²) < 4.78 is 40.1. The van der Waals surface area contributed by atoms with E-state index in [1.165, 1.54) is 25.3 Å². The zero-order chi connectivity index (χ0) is 13.2. The predicted molar refractivity (Wildman–Crippen MR) is 64.0 cm³/mol. The van der Waals surface area contributed by atoms with Gasteiger partial charge in [-0.1, -0.05) is 36.9 Å². The zero-order valence-electron chi connectivity index (χ0n) is 9.77. The van der Waals surface area contributed by atoms with E-state index < -0.39 is 6.36 Å². The van der Waals surface area contributed by atoms with Crippen molar-refractivity contribution in [1.29, 1.82) is 0 Å². The summed E-state index contributed by atoms with van der Waals surface area (Å²) in [4.78, 5) is 0. The highest BCUT2D eigenvalue weighted by Gasteiger charge is 2.32. The van der Waals surface area contributed by atoms with Gasteiger partial charge in [0.1, 0.15) is 5.75 Å². The van der Waals surface area contributed by atoms with Crippen LogP contribution in [0.3, 0.4) is 0 Å². The highest BCUT2D eigenvalue weighted by Crippen LogP contribution is 2.37. The second kappa shape index (κ2) is 5.39. The van der Waals surface area contributed by atoms with Crippen LogP contribution in [0, 0.1) is 0 Å². The standard InChI is InChI=1S/C13H14ClF3O/c14-11-8-10(9-4-2-1-3-5-9)6-7-12(11)18-13(15,16)17/h6-9H,1-5H2. The first kappa shape index (κ1) is 13.5. The molecule has 0 aromatic heterocycles. The fourth-order valence-corrected chi connectivity index (χ4v) is 2.64. The molecule has 0 aliphatic heterocycles. The van der Waals surface area contributed by atoms with E-state index in [4.69, 9.17) is 11.6 Å². The van der Waals surface area contributed by atoms with E-state index in [1.54, 1.807) is 12.1 Å². The van der Waals surface area contributed by atoms with Gasteiger partial charge >= 0.3 is 6.36 Å². The van der Waals surface area contributed by atoms with Crippen LogP contribution in [0.2, 0.25) is 5.02 Å². The molecule has 0 atom stereocenters. The van der Waals surface area contributed by atoms with Crippen molar-refractivity contribution in [3.63, 3.8) is 0 Å². The van der Waals surface area contributed by atoms with Gasteiger partial charge in [-0.15, -0.1) is 13.2 Å². The molecule has 100 valence electrons. The maximum absolute atomic E-state index is 12.1. The summed E-state index contributed by atoms with van der Waals surface area (Å²) in [5, 5.41) is 0.0235. The Balaban J connectivity index is 2.13. The van der Waals surface area contributed by atoms with E-state index in [1.807, 2.05) is 0 Å². The van der Waals surface area contributed by atoms with Crippen molar-refractivity contribution in [1.82, 2.24) is 0 Å². The Bertz CT molecular complexity index is 411. The Kier molecular flexibility index (Phi) is 4.05. The summed E-state index contributed by atoms with van der Waals surface area (Å²) in [6, 6.07) is 4.58. The number of hydrogen-bond acceptors (Lipinski definition) is 1. The van der Waals surface area contributed by atoms with Gasteiger partial charge in [-0.25, -0.2) is 0 Å². The van der Waals surface area contributed by atoms with Crippen molar-refractivity contribution in [2.24, 2.45) is 0 Å². The predicted octanol–water partition coefficient (Wildman–Crippen LogP) is 5.29. The van der Waals surface area contributed by atoms with E-state index in [2.05, 4.69) is 4.74 Å². The number of alkyl halides is 3. The highest BCUT2D eigenvalue weighted by molar-refractivity contribution is 6.32. The van der Waals surface area contributed by atoms with Crippen LogP contribution in [0.5, 0.6) is 5.75 Å². The van der Waals surface area contributed by atoms with Crippen molar-refractivity contribution in [3.05, 3.63) is 28.8 Å². The van der Waals surface area contributed by atoms with E-state index in [9.17, 15) is 13.2 Å². The van der Waals surface area contributed by atoms with Crippen LogP contribution in [0.4, 0.5) is 13.2 Å². The van der Waals surface area contributed by atoms with E-state index >= 15 is 0 Å². The second-order valence-corrected chi connectivity index (χ2v) is 4.98. The second-order valence-electron chi connectivity index (χ2n) is 4.57. The number of ether oxygens (including phenoxy) is 1. The van der Waals surface area contributed by atoms with Crippen molar-refractivity contribution in [2.45, 2.75) is 44.4 Å². The largest absolute Gasteiger partial charge is 0.573 e. The average molecular weight is 279 g/mol. The molecule has 1 aliphatic carbocycles. The van der Waals surface area contributed by atoms with Crippen LogP contribution in [-0.2, 0) is 0 Å². The van der Waals surface area contributed by atoms with Crippen molar-refractivity contribution < 1.29 is 17.9 Å². The fourth-order valence-electron chi connectivity index (χ4n) is 2.41. The topological polar surface area (TPSA) is 9.23 Å². The van der Waals surface area contributed by atoms with Gasteiger partial charge in [0, 0.05) is 0 Å². The molecule has 0 heterocycles. The maximum atomic E-state index is 12.1. The SMILES string of the molecule is FC(F)(F)Oc1ccc(C2CCCCC2)cc1Cl. The minimum Gasteiger partial charge on any atom is -0.404 e. The van der Waals surface area contributed by atoms with Crippen LogP contribution in [0.1, 0.15) is 43.6 Å². The number of rotatable bonds is 2. The molecular formula is C13H14ClF3O.